The molecule has 122 valence electrons. The third-order valence-electron chi connectivity index (χ3n) is 3.32. The Kier molecular flexibility index (Phi) is 5.08. The quantitative estimate of drug-likeness (QED) is 0.710. The number of ether oxygens (including phenoxy) is 1. The first-order chi connectivity index (χ1) is 11.7. The molecule has 0 spiro atoms. The number of nitrogens with one attached hydrogen (secondary N) is 2. The van der Waals surface area contributed by atoms with Crippen LogP contribution in [0.4, 0.5) is 17.2 Å². The number of pyridine rings is 1. The Hall–Kier alpha value is -2.86. The Morgan fingerprint density at radius 1 is 1.12 bits per heavy atom. The molecule has 6 heteroatoms. The highest BCUT2D eigenvalue weighted by atomic mass is 32.1. The lowest BCUT2D eigenvalue weighted by molar-refractivity contribution is -0.115. The Labute approximate surface area is 144 Å². The summed E-state index contributed by atoms with van der Waals surface area (Å²) in [6.45, 7) is 0. The molecule has 0 atom stereocenters. The molecule has 0 saturated heterocycles. The summed E-state index contributed by atoms with van der Waals surface area (Å²) in [7, 11) is 1.63. The summed E-state index contributed by atoms with van der Waals surface area (Å²) >= 11 is 1.57. The molecule has 3 rings (SSSR count). The van der Waals surface area contributed by atoms with Gasteiger partial charge in [-0.25, -0.2) is 4.98 Å². The van der Waals surface area contributed by atoms with Gasteiger partial charge >= 0.3 is 0 Å². The molecule has 0 saturated carbocycles. The zero-order valence-electron chi connectivity index (χ0n) is 13.2. The summed E-state index contributed by atoms with van der Waals surface area (Å²) in [5.41, 5.74) is 1.59. The van der Waals surface area contributed by atoms with Crippen LogP contribution in [-0.2, 0) is 11.2 Å². The molecular weight excluding hydrogens is 322 g/mol. The second-order valence-electron chi connectivity index (χ2n) is 5.09. The van der Waals surface area contributed by atoms with Gasteiger partial charge < -0.3 is 15.4 Å². The van der Waals surface area contributed by atoms with Crippen molar-refractivity contribution in [1.82, 2.24) is 4.98 Å². The van der Waals surface area contributed by atoms with E-state index < -0.39 is 0 Å². The van der Waals surface area contributed by atoms with Crippen LogP contribution >= 0.6 is 11.3 Å². The highest BCUT2D eigenvalue weighted by Crippen LogP contribution is 2.19. The summed E-state index contributed by atoms with van der Waals surface area (Å²) in [5, 5.41) is 8.00. The minimum Gasteiger partial charge on any atom is -0.497 e. The Morgan fingerprint density at radius 2 is 1.92 bits per heavy atom. The number of carbonyl (C=O) groups excluding carboxylic acids is 1. The first-order valence-electron chi connectivity index (χ1n) is 7.42. The minimum absolute atomic E-state index is 0.0462. The van der Waals surface area contributed by atoms with Crippen molar-refractivity contribution < 1.29 is 9.53 Å². The highest BCUT2D eigenvalue weighted by Gasteiger charge is 2.05. The zero-order valence-corrected chi connectivity index (χ0v) is 14.0. The molecule has 0 aliphatic carbocycles. The fraction of sp³-hybridized carbons (Fsp3) is 0.111. The SMILES string of the molecule is COc1ccc(Nc2ccc(NC(=O)Cc3cccs3)cn2)cc1. The predicted molar refractivity (Wildman–Crippen MR) is 97.2 cm³/mol. The third-order valence-corrected chi connectivity index (χ3v) is 4.20. The predicted octanol–water partition coefficient (Wildman–Crippen LogP) is 4.08. The van der Waals surface area contributed by atoms with Crippen LogP contribution in [0.15, 0.2) is 60.1 Å². The lowest BCUT2D eigenvalue weighted by Crippen LogP contribution is -2.13. The molecule has 0 aliphatic heterocycles. The van der Waals surface area contributed by atoms with E-state index in [4.69, 9.17) is 4.74 Å². The van der Waals surface area contributed by atoms with Crippen molar-refractivity contribution in [3.05, 3.63) is 65.0 Å². The van der Waals surface area contributed by atoms with Gasteiger partial charge in [0.2, 0.25) is 5.91 Å². The number of benzene rings is 1. The zero-order chi connectivity index (χ0) is 16.8. The molecule has 2 heterocycles. The summed E-state index contributed by atoms with van der Waals surface area (Å²) in [6, 6.07) is 15.1. The van der Waals surface area contributed by atoms with E-state index in [9.17, 15) is 4.79 Å². The Balaban J connectivity index is 1.57. The number of carbonyl (C=O) groups is 1. The molecule has 5 nitrogen and oxygen atoms in total. The molecule has 2 aromatic heterocycles. The number of hydrogen-bond acceptors (Lipinski definition) is 5. The van der Waals surface area contributed by atoms with Gasteiger partial charge in [-0.05, 0) is 47.8 Å². The lowest BCUT2D eigenvalue weighted by atomic mass is 10.3. The van der Waals surface area contributed by atoms with Crippen LogP contribution in [0.1, 0.15) is 4.88 Å². The Morgan fingerprint density at radius 3 is 2.54 bits per heavy atom. The van der Waals surface area contributed by atoms with Crippen LogP contribution < -0.4 is 15.4 Å². The van der Waals surface area contributed by atoms with Crippen LogP contribution in [0.5, 0.6) is 5.75 Å². The van der Waals surface area contributed by atoms with E-state index in [0.29, 0.717) is 17.9 Å². The maximum absolute atomic E-state index is 12.0. The maximum Gasteiger partial charge on any atom is 0.229 e. The molecule has 3 aromatic rings. The van der Waals surface area contributed by atoms with Crippen molar-refractivity contribution in [2.45, 2.75) is 6.42 Å². The number of methoxy groups -OCH3 is 1. The van der Waals surface area contributed by atoms with Crippen LogP contribution in [0.25, 0.3) is 0 Å². The molecule has 24 heavy (non-hydrogen) atoms. The Bertz CT molecular complexity index is 784. The van der Waals surface area contributed by atoms with Crippen LogP contribution in [0.3, 0.4) is 0 Å². The number of thiophene rings is 1. The normalized spacial score (nSPS) is 10.2. The molecule has 0 radical (unpaired) electrons. The monoisotopic (exact) mass is 339 g/mol. The molecular formula is C18H17N3O2S. The summed E-state index contributed by atoms with van der Waals surface area (Å²) in [6.07, 6.45) is 2.02. The van der Waals surface area contributed by atoms with Gasteiger partial charge in [0.15, 0.2) is 0 Å². The van der Waals surface area contributed by atoms with Crippen LogP contribution in [0, 0.1) is 0 Å². The molecule has 0 aliphatic rings. The minimum atomic E-state index is -0.0462. The van der Waals surface area contributed by atoms with Gasteiger partial charge in [-0.1, -0.05) is 6.07 Å². The molecule has 2 N–H and O–H groups in total. The number of aromatic nitrogens is 1. The van der Waals surface area contributed by atoms with E-state index in [1.54, 1.807) is 24.6 Å². The van der Waals surface area contributed by atoms with E-state index in [1.807, 2.05) is 53.9 Å². The number of rotatable bonds is 6. The first kappa shape index (κ1) is 16.0. The maximum atomic E-state index is 12.0. The van der Waals surface area contributed by atoms with Gasteiger partial charge in [-0.15, -0.1) is 11.3 Å². The first-order valence-corrected chi connectivity index (χ1v) is 8.30. The summed E-state index contributed by atoms with van der Waals surface area (Å²) < 4.78 is 5.13. The molecule has 0 unspecified atom stereocenters. The second-order valence-corrected chi connectivity index (χ2v) is 6.12. The van der Waals surface area contributed by atoms with Crippen LogP contribution in [-0.4, -0.2) is 18.0 Å². The number of amides is 1. The summed E-state index contributed by atoms with van der Waals surface area (Å²) in [5.74, 6) is 1.46. The smallest absolute Gasteiger partial charge is 0.229 e. The molecule has 0 bridgehead atoms. The van der Waals surface area contributed by atoms with Crippen molar-refractivity contribution in [2.24, 2.45) is 0 Å². The number of hydrogen-bond donors (Lipinski definition) is 2. The van der Waals surface area contributed by atoms with Crippen molar-refractivity contribution in [3.8, 4) is 5.75 Å². The fourth-order valence-corrected chi connectivity index (χ4v) is 2.84. The fourth-order valence-electron chi connectivity index (χ4n) is 2.14. The van der Waals surface area contributed by atoms with E-state index in [0.717, 1.165) is 16.3 Å². The van der Waals surface area contributed by atoms with Crippen molar-refractivity contribution >= 4 is 34.4 Å². The lowest BCUT2D eigenvalue weighted by Gasteiger charge is -2.08. The standard InChI is InChI=1S/C18H17N3O2S/c1-23-15-7-4-13(5-8-15)20-17-9-6-14(12-19-17)21-18(22)11-16-3-2-10-24-16/h2-10,12H,11H2,1H3,(H,19,20)(H,21,22). The van der Waals surface area contributed by atoms with Crippen LogP contribution in [0.2, 0.25) is 0 Å². The van der Waals surface area contributed by atoms with Gasteiger partial charge in [-0.3, -0.25) is 4.79 Å². The van der Waals surface area contributed by atoms with E-state index in [2.05, 4.69) is 15.6 Å². The molecule has 1 amide bonds. The third kappa shape index (κ3) is 4.33. The largest absolute Gasteiger partial charge is 0.497 e. The van der Waals surface area contributed by atoms with Gasteiger partial charge in [0.1, 0.15) is 11.6 Å². The molecule has 1 aromatic carbocycles. The van der Waals surface area contributed by atoms with E-state index in [-0.39, 0.29) is 5.91 Å². The van der Waals surface area contributed by atoms with E-state index >= 15 is 0 Å². The van der Waals surface area contributed by atoms with Crippen molar-refractivity contribution in [2.75, 3.05) is 17.7 Å². The van der Waals surface area contributed by atoms with Gasteiger partial charge in [-0.2, -0.15) is 0 Å². The van der Waals surface area contributed by atoms with E-state index in [1.165, 1.54) is 0 Å². The number of anilines is 3. The number of nitrogens with zero attached hydrogens (tertiary/aromatic N) is 1. The average molecular weight is 339 g/mol. The second kappa shape index (κ2) is 7.61. The van der Waals surface area contributed by atoms with Gasteiger partial charge in [0.05, 0.1) is 25.4 Å². The van der Waals surface area contributed by atoms with Gasteiger partial charge in [0, 0.05) is 10.6 Å². The van der Waals surface area contributed by atoms with Gasteiger partial charge in [0.25, 0.3) is 0 Å². The summed E-state index contributed by atoms with van der Waals surface area (Å²) in [4.78, 5) is 17.3. The van der Waals surface area contributed by atoms with Crippen molar-refractivity contribution in [3.63, 3.8) is 0 Å². The molecule has 0 fully saturated rings. The van der Waals surface area contributed by atoms with Crippen molar-refractivity contribution in [1.29, 1.82) is 0 Å². The topological polar surface area (TPSA) is 63.2 Å². The average Bonchev–Trinajstić information content (AvgIpc) is 3.10. The highest BCUT2D eigenvalue weighted by molar-refractivity contribution is 7.10.